The van der Waals surface area contributed by atoms with Crippen LogP contribution in [0.4, 0.5) is 0 Å². The van der Waals surface area contributed by atoms with Crippen LogP contribution >= 0.6 is 0 Å². The van der Waals surface area contributed by atoms with Crippen LogP contribution in [0.2, 0.25) is 0 Å². The van der Waals surface area contributed by atoms with Crippen molar-refractivity contribution in [2.45, 2.75) is 73.1 Å². The van der Waals surface area contributed by atoms with Gasteiger partial charge in [-0.15, -0.1) is 0 Å². The Bertz CT molecular complexity index is 174. The predicted octanol–water partition coefficient (Wildman–Crippen LogP) is 4.16. The molecule has 1 N–H and O–H groups in total. The Morgan fingerprint density at radius 3 is 2.16 bits per heavy atom. The van der Waals surface area contributed by atoms with E-state index in [1.54, 1.807) is 6.92 Å². The monoisotopic (exact) mass is 273 g/mol. The van der Waals surface area contributed by atoms with Crippen LogP contribution in [0.5, 0.6) is 0 Å². The average molecular weight is 273 g/mol. The van der Waals surface area contributed by atoms with E-state index in [0.717, 1.165) is 26.2 Å². The smallest absolute Gasteiger partial charge is 0.216 e. The Hall–Kier alpha value is -0.570. The maximum Gasteiger partial charge on any atom is 0.216 e. The molecular formula is C16H35NO2. The second-order valence-corrected chi connectivity index (χ2v) is 4.73. The molecule has 1 aliphatic heterocycles. The lowest BCUT2D eigenvalue weighted by Crippen LogP contribution is -2.31. The maximum absolute atomic E-state index is 10.5. The summed E-state index contributed by atoms with van der Waals surface area (Å²) in [5.74, 6) is 0.586. The molecule has 0 bridgehead atoms. The molecule has 1 saturated heterocycles. The number of ether oxygens (including phenoxy) is 1. The zero-order valence-corrected chi connectivity index (χ0v) is 13.8. The number of rotatable bonds is 5. The topological polar surface area (TPSA) is 38.3 Å². The minimum Gasteiger partial charge on any atom is -0.381 e. The van der Waals surface area contributed by atoms with Gasteiger partial charge in [0, 0.05) is 20.1 Å². The highest BCUT2D eigenvalue weighted by molar-refractivity contribution is 5.72. The van der Waals surface area contributed by atoms with E-state index in [9.17, 15) is 4.79 Å². The van der Waals surface area contributed by atoms with Gasteiger partial charge in [-0.05, 0) is 18.8 Å². The van der Waals surface area contributed by atoms with Crippen molar-refractivity contribution in [3.63, 3.8) is 0 Å². The van der Waals surface area contributed by atoms with Crippen molar-refractivity contribution in [1.82, 2.24) is 5.32 Å². The zero-order chi connectivity index (χ0) is 14.9. The molecule has 19 heavy (non-hydrogen) atoms. The molecule has 0 spiro atoms. The Kier molecular flexibility index (Phi) is 19.0. The van der Waals surface area contributed by atoms with Gasteiger partial charge < -0.3 is 10.1 Å². The van der Waals surface area contributed by atoms with Crippen LogP contribution in [0.25, 0.3) is 0 Å². The largest absolute Gasteiger partial charge is 0.381 e. The normalized spacial score (nSPS) is 17.4. The molecule has 1 aliphatic rings. The molecule has 1 atom stereocenters. The summed E-state index contributed by atoms with van der Waals surface area (Å²) in [6.45, 7) is 12.5. The van der Waals surface area contributed by atoms with Crippen LogP contribution in [0, 0.1) is 5.92 Å². The Morgan fingerprint density at radius 2 is 1.79 bits per heavy atom. The molecule has 1 fully saturated rings. The van der Waals surface area contributed by atoms with Gasteiger partial charge in [-0.1, -0.05) is 53.4 Å². The van der Waals surface area contributed by atoms with Gasteiger partial charge in [0.1, 0.15) is 0 Å². The van der Waals surface area contributed by atoms with Gasteiger partial charge in [-0.3, -0.25) is 4.79 Å². The molecule has 1 amide bonds. The third-order valence-electron chi connectivity index (χ3n) is 2.85. The maximum atomic E-state index is 10.5. The van der Waals surface area contributed by atoms with E-state index in [4.69, 9.17) is 4.74 Å². The number of hydrogen-bond donors (Lipinski definition) is 1. The molecule has 1 heterocycles. The molecule has 0 aromatic carbocycles. The number of carbonyl (C=O) groups excluding carboxylic acids is 1. The zero-order valence-electron chi connectivity index (χ0n) is 13.8. The highest BCUT2D eigenvalue weighted by atomic mass is 16.5. The summed E-state index contributed by atoms with van der Waals surface area (Å²) in [4.78, 5) is 10.5. The SMILES string of the molecule is CC.CC(=O)NCC1CCCOC1.CCCCCC. The van der Waals surface area contributed by atoms with Crippen LogP contribution < -0.4 is 5.32 Å². The molecule has 1 rings (SSSR count). The van der Waals surface area contributed by atoms with Crippen LogP contribution in [0.3, 0.4) is 0 Å². The molecule has 3 nitrogen and oxygen atoms in total. The number of hydrogen-bond acceptors (Lipinski definition) is 2. The van der Waals surface area contributed by atoms with Gasteiger partial charge in [0.15, 0.2) is 0 Å². The summed E-state index contributed by atoms with van der Waals surface area (Å²) in [7, 11) is 0. The first-order valence-corrected chi connectivity index (χ1v) is 8.02. The third kappa shape index (κ3) is 17.4. The minimum absolute atomic E-state index is 0.0515. The fourth-order valence-corrected chi connectivity index (χ4v) is 1.76. The second-order valence-electron chi connectivity index (χ2n) is 4.73. The van der Waals surface area contributed by atoms with Crippen molar-refractivity contribution >= 4 is 5.91 Å². The van der Waals surface area contributed by atoms with E-state index in [2.05, 4.69) is 19.2 Å². The van der Waals surface area contributed by atoms with Gasteiger partial charge in [0.2, 0.25) is 5.91 Å². The van der Waals surface area contributed by atoms with E-state index in [1.807, 2.05) is 13.8 Å². The van der Waals surface area contributed by atoms with E-state index >= 15 is 0 Å². The number of carbonyl (C=O) groups is 1. The Morgan fingerprint density at radius 1 is 1.21 bits per heavy atom. The summed E-state index contributed by atoms with van der Waals surface area (Å²) in [5, 5.41) is 2.80. The number of unbranched alkanes of at least 4 members (excludes halogenated alkanes) is 3. The second kappa shape index (κ2) is 17.4. The van der Waals surface area contributed by atoms with Gasteiger partial charge in [-0.2, -0.15) is 0 Å². The molecule has 0 aromatic rings. The number of amides is 1. The average Bonchev–Trinajstić information content (AvgIpc) is 2.47. The molecule has 0 saturated carbocycles. The molecule has 0 aromatic heterocycles. The lowest BCUT2D eigenvalue weighted by atomic mass is 10.0. The number of nitrogens with one attached hydrogen (secondary N) is 1. The van der Waals surface area contributed by atoms with Crippen molar-refractivity contribution in [3.8, 4) is 0 Å². The quantitative estimate of drug-likeness (QED) is 0.764. The van der Waals surface area contributed by atoms with Gasteiger partial charge >= 0.3 is 0 Å². The fraction of sp³-hybridized carbons (Fsp3) is 0.938. The first-order valence-electron chi connectivity index (χ1n) is 8.02. The van der Waals surface area contributed by atoms with Crippen molar-refractivity contribution < 1.29 is 9.53 Å². The summed E-state index contributed by atoms with van der Waals surface area (Å²) < 4.78 is 5.26. The molecular weight excluding hydrogens is 238 g/mol. The van der Waals surface area contributed by atoms with Gasteiger partial charge in [-0.25, -0.2) is 0 Å². The fourth-order valence-electron chi connectivity index (χ4n) is 1.76. The first kappa shape index (κ1) is 20.7. The van der Waals surface area contributed by atoms with Crippen molar-refractivity contribution in [1.29, 1.82) is 0 Å². The van der Waals surface area contributed by atoms with E-state index < -0.39 is 0 Å². The van der Waals surface area contributed by atoms with E-state index in [1.165, 1.54) is 32.1 Å². The molecule has 116 valence electrons. The minimum atomic E-state index is 0.0515. The highest BCUT2D eigenvalue weighted by Crippen LogP contribution is 2.11. The van der Waals surface area contributed by atoms with Crippen LogP contribution in [0.1, 0.15) is 73.1 Å². The molecule has 0 radical (unpaired) electrons. The lowest BCUT2D eigenvalue weighted by Gasteiger charge is -2.21. The van der Waals surface area contributed by atoms with Crippen LogP contribution in [0.15, 0.2) is 0 Å². The molecule has 1 unspecified atom stereocenters. The van der Waals surface area contributed by atoms with Crippen LogP contribution in [-0.4, -0.2) is 25.7 Å². The standard InChI is InChI=1S/C8H15NO2.C6H14.C2H6/c1-7(10)9-5-8-3-2-4-11-6-8;1-3-5-6-4-2;1-2/h8H,2-6H2,1H3,(H,9,10);3-6H2,1-2H3;1-2H3. The van der Waals surface area contributed by atoms with Crippen molar-refractivity contribution in [2.75, 3.05) is 19.8 Å². The molecule has 0 aliphatic carbocycles. The van der Waals surface area contributed by atoms with Gasteiger partial charge in [0.25, 0.3) is 0 Å². The van der Waals surface area contributed by atoms with Crippen LogP contribution in [-0.2, 0) is 9.53 Å². The van der Waals surface area contributed by atoms with Crippen molar-refractivity contribution in [2.24, 2.45) is 5.92 Å². The van der Waals surface area contributed by atoms with E-state index in [0.29, 0.717) is 5.92 Å². The summed E-state index contributed by atoms with van der Waals surface area (Å²) in [6.07, 6.45) is 7.85. The molecule has 3 heteroatoms. The van der Waals surface area contributed by atoms with Crippen molar-refractivity contribution in [3.05, 3.63) is 0 Å². The summed E-state index contributed by atoms with van der Waals surface area (Å²) in [5.41, 5.74) is 0. The van der Waals surface area contributed by atoms with Gasteiger partial charge in [0.05, 0.1) is 6.61 Å². The summed E-state index contributed by atoms with van der Waals surface area (Å²) in [6, 6.07) is 0. The summed E-state index contributed by atoms with van der Waals surface area (Å²) >= 11 is 0. The Labute approximate surface area is 120 Å². The predicted molar refractivity (Wildman–Crippen MR) is 83.4 cm³/mol. The lowest BCUT2D eigenvalue weighted by molar-refractivity contribution is -0.119. The Balaban J connectivity index is 0. The first-order chi connectivity index (χ1) is 9.20. The third-order valence-corrected chi connectivity index (χ3v) is 2.85. The highest BCUT2D eigenvalue weighted by Gasteiger charge is 2.13. The van der Waals surface area contributed by atoms with E-state index in [-0.39, 0.29) is 5.91 Å².